The molecule has 0 bridgehead atoms. The fourth-order valence-corrected chi connectivity index (χ4v) is 3.48. The van der Waals surface area contributed by atoms with Gasteiger partial charge in [-0.3, -0.25) is 9.89 Å². The van der Waals surface area contributed by atoms with E-state index < -0.39 is 5.91 Å². The number of phenolic OH excluding ortho intramolecular Hbond substituents is 1. The molecule has 0 radical (unpaired) electrons. The second-order valence-corrected chi connectivity index (χ2v) is 7.59. The molecule has 3 N–H and O–H groups in total. The average molecular weight is 435 g/mol. The average Bonchev–Trinajstić information content (AvgIpc) is 3.27. The summed E-state index contributed by atoms with van der Waals surface area (Å²) in [4.78, 5) is 13.1. The number of amides is 1. The van der Waals surface area contributed by atoms with Gasteiger partial charge in [-0.1, -0.05) is 0 Å². The molecule has 0 aliphatic heterocycles. The van der Waals surface area contributed by atoms with E-state index in [1.165, 1.54) is 23.6 Å². The van der Waals surface area contributed by atoms with Crippen LogP contribution in [0.2, 0.25) is 0 Å². The minimum atomic E-state index is -0.428. The van der Waals surface area contributed by atoms with Crippen LogP contribution in [-0.2, 0) is 0 Å². The second kappa shape index (κ2) is 8.15. The first-order valence-electron chi connectivity index (χ1n) is 7.67. The van der Waals surface area contributed by atoms with Crippen molar-refractivity contribution in [1.82, 2.24) is 15.6 Å². The van der Waals surface area contributed by atoms with Gasteiger partial charge in [0.2, 0.25) is 0 Å². The summed E-state index contributed by atoms with van der Waals surface area (Å²) < 4.78 is 6.30. The van der Waals surface area contributed by atoms with Gasteiger partial charge < -0.3 is 9.84 Å². The Balaban J connectivity index is 1.64. The van der Waals surface area contributed by atoms with Crippen LogP contribution < -0.4 is 10.2 Å². The van der Waals surface area contributed by atoms with Crippen LogP contribution in [0.4, 0.5) is 0 Å². The van der Waals surface area contributed by atoms with Gasteiger partial charge >= 0.3 is 0 Å². The highest BCUT2D eigenvalue weighted by Gasteiger charge is 2.12. The molecule has 0 aliphatic carbocycles. The van der Waals surface area contributed by atoms with Gasteiger partial charge in [-0.2, -0.15) is 10.2 Å². The summed E-state index contributed by atoms with van der Waals surface area (Å²) in [6.07, 6.45) is 1.46. The van der Waals surface area contributed by atoms with E-state index in [4.69, 9.17) is 4.74 Å². The maximum absolute atomic E-state index is 12.1. The molecule has 1 aromatic carbocycles. The largest absolute Gasteiger partial charge is 0.504 e. The van der Waals surface area contributed by atoms with Gasteiger partial charge in [0.15, 0.2) is 17.2 Å². The lowest BCUT2D eigenvalue weighted by Crippen LogP contribution is -2.18. The quantitative estimate of drug-likeness (QED) is 0.406. The van der Waals surface area contributed by atoms with E-state index in [9.17, 15) is 9.90 Å². The van der Waals surface area contributed by atoms with E-state index in [0.717, 1.165) is 14.4 Å². The number of carbonyl (C=O) groups is 1. The van der Waals surface area contributed by atoms with E-state index in [1.54, 1.807) is 18.2 Å². The predicted molar refractivity (Wildman–Crippen MR) is 104 cm³/mol. The Hall–Kier alpha value is -2.65. The number of aromatic nitrogens is 2. The van der Waals surface area contributed by atoms with Gasteiger partial charge in [0.25, 0.3) is 5.91 Å². The molecule has 2 aromatic heterocycles. The third kappa shape index (κ3) is 4.30. The number of carbonyl (C=O) groups excluding carboxylic acids is 1. The Kier molecular flexibility index (Phi) is 5.69. The number of hydrazone groups is 1. The molecule has 26 heavy (non-hydrogen) atoms. The number of thiophene rings is 1. The molecule has 7 nitrogen and oxygen atoms in total. The number of rotatable bonds is 6. The van der Waals surface area contributed by atoms with Crippen LogP contribution in [0.1, 0.15) is 23.0 Å². The summed E-state index contributed by atoms with van der Waals surface area (Å²) >= 11 is 4.94. The van der Waals surface area contributed by atoms with Crippen LogP contribution in [0.25, 0.3) is 10.6 Å². The standard InChI is InChI=1S/C17H15BrN4O3S/c1-2-25-14-7-10(3-4-13(14)23)9-19-22-17(24)12-8-11(20-21-12)15-5-6-16(18)26-15/h3-9,23H,2H2,1H3,(H,20,21)(H,22,24)/b19-9-. The third-order valence-electron chi connectivity index (χ3n) is 3.31. The Morgan fingerprint density at radius 1 is 1.42 bits per heavy atom. The number of H-pyrrole nitrogens is 1. The molecule has 0 unspecified atom stereocenters. The zero-order valence-corrected chi connectivity index (χ0v) is 16.1. The molecule has 134 valence electrons. The Morgan fingerprint density at radius 3 is 3.00 bits per heavy atom. The molecule has 1 amide bonds. The van der Waals surface area contributed by atoms with E-state index in [2.05, 4.69) is 36.7 Å². The summed E-state index contributed by atoms with van der Waals surface area (Å²) in [5.41, 5.74) is 4.10. The van der Waals surface area contributed by atoms with Gasteiger partial charge in [-0.05, 0) is 64.8 Å². The van der Waals surface area contributed by atoms with Crippen LogP contribution in [-0.4, -0.2) is 34.0 Å². The number of nitrogens with zero attached hydrogens (tertiary/aromatic N) is 2. The molecular weight excluding hydrogens is 420 g/mol. The second-order valence-electron chi connectivity index (χ2n) is 5.13. The lowest BCUT2D eigenvalue weighted by Gasteiger charge is -2.05. The van der Waals surface area contributed by atoms with E-state index in [-0.39, 0.29) is 11.4 Å². The number of aromatic amines is 1. The number of aromatic hydroxyl groups is 1. The fraction of sp³-hybridized carbons (Fsp3) is 0.118. The maximum atomic E-state index is 12.1. The predicted octanol–water partition coefficient (Wildman–Crippen LogP) is 3.77. The van der Waals surface area contributed by atoms with Crippen molar-refractivity contribution in [2.24, 2.45) is 5.10 Å². The zero-order chi connectivity index (χ0) is 18.5. The molecule has 0 saturated heterocycles. The number of ether oxygens (including phenoxy) is 1. The van der Waals surface area contributed by atoms with Gasteiger partial charge in [0.05, 0.1) is 27.2 Å². The normalized spacial score (nSPS) is 11.0. The number of hydrogen-bond acceptors (Lipinski definition) is 6. The molecule has 0 atom stereocenters. The molecule has 0 saturated carbocycles. The monoisotopic (exact) mass is 434 g/mol. The van der Waals surface area contributed by atoms with Crippen LogP contribution in [0.5, 0.6) is 11.5 Å². The number of benzene rings is 1. The molecule has 0 spiro atoms. The summed E-state index contributed by atoms with van der Waals surface area (Å²) in [6, 6.07) is 10.3. The maximum Gasteiger partial charge on any atom is 0.291 e. The van der Waals surface area contributed by atoms with Gasteiger partial charge in [0, 0.05) is 0 Å². The molecule has 0 fully saturated rings. The van der Waals surface area contributed by atoms with Crippen molar-refractivity contribution >= 4 is 39.4 Å². The van der Waals surface area contributed by atoms with E-state index >= 15 is 0 Å². The first-order valence-corrected chi connectivity index (χ1v) is 9.28. The SMILES string of the molecule is CCOc1cc(/C=N\NC(=O)c2cc(-c3ccc(Br)s3)[nH]n2)ccc1O. The van der Waals surface area contributed by atoms with E-state index in [0.29, 0.717) is 17.9 Å². The Labute approximate surface area is 161 Å². The molecular formula is C17H15BrN4O3S. The van der Waals surface area contributed by atoms with Crippen molar-refractivity contribution in [3.63, 3.8) is 0 Å². The highest BCUT2D eigenvalue weighted by atomic mass is 79.9. The highest BCUT2D eigenvalue weighted by molar-refractivity contribution is 9.11. The summed E-state index contributed by atoms with van der Waals surface area (Å²) in [6.45, 7) is 2.26. The van der Waals surface area contributed by atoms with Crippen molar-refractivity contribution in [3.8, 4) is 22.1 Å². The van der Waals surface area contributed by atoms with Crippen LogP contribution in [0.3, 0.4) is 0 Å². The lowest BCUT2D eigenvalue weighted by atomic mass is 10.2. The van der Waals surface area contributed by atoms with Crippen molar-refractivity contribution in [2.75, 3.05) is 6.61 Å². The number of halogens is 1. The van der Waals surface area contributed by atoms with Gasteiger partial charge in [0.1, 0.15) is 0 Å². The fourth-order valence-electron chi connectivity index (χ4n) is 2.13. The summed E-state index contributed by atoms with van der Waals surface area (Å²) in [5, 5.41) is 20.4. The van der Waals surface area contributed by atoms with Crippen LogP contribution in [0.15, 0.2) is 45.3 Å². The summed E-state index contributed by atoms with van der Waals surface area (Å²) in [5.74, 6) is -0.0117. The number of phenols is 1. The van der Waals surface area contributed by atoms with Crippen molar-refractivity contribution in [3.05, 3.63) is 51.4 Å². The van der Waals surface area contributed by atoms with Crippen molar-refractivity contribution in [2.45, 2.75) is 6.92 Å². The number of hydrogen-bond donors (Lipinski definition) is 3. The minimum Gasteiger partial charge on any atom is -0.504 e. The van der Waals surface area contributed by atoms with Crippen molar-refractivity contribution < 1.29 is 14.6 Å². The minimum absolute atomic E-state index is 0.0531. The first-order chi connectivity index (χ1) is 12.6. The van der Waals surface area contributed by atoms with Gasteiger partial charge in [-0.15, -0.1) is 11.3 Å². The molecule has 0 aliphatic rings. The Bertz CT molecular complexity index is 951. The number of nitrogens with one attached hydrogen (secondary N) is 2. The first kappa shape index (κ1) is 18.2. The van der Waals surface area contributed by atoms with E-state index in [1.807, 2.05) is 19.1 Å². The smallest absolute Gasteiger partial charge is 0.291 e. The van der Waals surface area contributed by atoms with Gasteiger partial charge in [-0.25, -0.2) is 5.43 Å². The van der Waals surface area contributed by atoms with Crippen LogP contribution in [0, 0.1) is 0 Å². The van der Waals surface area contributed by atoms with Crippen molar-refractivity contribution in [1.29, 1.82) is 0 Å². The topological polar surface area (TPSA) is 99.6 Å². The third-order valence-corrected chi connectivity index (χ3v) is 4.97. The molecule has 9 heteroatoms. The zero-order valence-electron chi connectivity index (χ0n) is 13.7. The molecule has 3 rings (SSSR count). The molecule has 3 aromatic rings. The summed E-state index contributed by atoms with van der Waals surface area (Å²) in [7, 11) is 0. The van der Waals surface area contributed by atoms with Crippen LogP contribution >= 0.6 is 27.3 Å². The molecule has 2 heterocycles. The lowest BCUT2D eigenvalue weighted by molar-refractivity contribution is 0.0950. The highest BCUT2D eigenvalue weighted by Crippen LogP contribution is 2.30. The Morgan fingerprint density at radius 2 is 2.27 bits per heavy atom.